The van der Waals surface area contributed by atoms with Crippen LogP contribution in [0.1, 0.15) is 55.1 Å². The van der Waals surface area contributed by atoms with Gasteiger partial charge in [-0.3, -0.25) is 9.69 Å². The number of nitrogens with one attached hydrogen (secondary N) is 1. The number of amides is 1. The fraction of sp³-hybridized carbons (Fsp3) is 0.452. The molecule has 2 aromatic carbocycles. The van der Waals surface area contributed by atoms with Crippen molar-refractivity contribution < 1.29 is 17.9 Å². The zero-order valence-electron chi connectivity index (χ0n) is 24.5. The molecule has 1 unspecified atom stereocenters. The number of benzene rings is 2. The number of aromatic nitrogens is 2. The summed E-state index contributed by atoms with van der Waals surface area (Å²) in [6, 6.07) is 13.6. The van der Waals surface area contributed by atoms with Gasteiger partial charge in [0, 0.05) is 36.8 Å². The summed E-state index contributed by atoms with van der Waals surface area (Å²) in [5, 5.41) is 0. The van der Waals surface area contributed by atoms with Crippen LogP contribution < -0.4 is 9.46 Å². The van der Waals surface area contributed by atoms with Gasteiger partial charge >= 0.3 is 0 Å². The van der Waals surface area contributed by atoms with Crippen LogP contribution in [0.15, 0.2) is 53.4 Å². The fourth-order valence-electron chi connectivity index (χ4n) is 5.58. The molecular weight excluding hydrogens is 538 g/mol. The SMILES string of the molecule is Cc1cccc(C)c1-c1cc2nc(n1)NS(=O)(=O)c1cccc(c1)C(=O)N1CCN(CCCC(C)(C)C)CC1CO2. The monoisotopic (exact) mass is 577 g/mol. The number of rotatable bonds is 4. The Labute approximate surface area is 243 Å². The van der Waals surface area contributed by atoms with Crippen molar-refractivity contribution in [3.05, 3.63) is 65.2 Å². The number of hydrogen-bond donors (Lipinski definition) is 1. The van der Waals surface area contributed by atoms with E-state index in [0.29, 0.717) is 24.3 Å². The van der Waals surface area contributed by atoms with Crippen molar-refractivity contribution >= 4 is 21.9 Å². The van der Waals surface area contributed by atoms with E-state index in [1.54, 1.807) is 18.2 Å². The quantitative estimate of drug-likeness (QED) is 0.470. The largest absolute Gasteiger partial charge is 0.475 e. The number of anilines is 1. The van der Waals surface area contributed by atoms with E-state index in [0.717, 1.165) is 42.6 Å². The molecule has 5 rings (SSSR count). The Morgan fingerprint density at radius 2 is 1.76 bits per heavy atom. The number of hydrogen-bond acceptors (Lipinski definition) is 7. The molecule has 1 N–H and O–H groups in total. The molecule has 1 aromatic heterocycles. The van der Waals surface area contributed by atoms with E-state index in [9.17, 15) is 13.2 Å². The van der Waals surface area contributed by atoms with Crippen LogP contribution in [0.25, 0.3) is 11.3 Å². The predicted octanol–water partition coefficient (Wildman–Crippen LogP) is 4.91. The molecule has 0 spiro atoms. The molecule has 218 valence electrons. The molecule has 2 aliphatic heterocycles. The summed E-state index contributed by atoms with van der Waals surface area (Å²) in [6.45, 7) is 13.8. The van der Waals surface area contributed by atoms with Gasteiger partial charge in [0.2, 0.25) is 11.8 Å². The highest BCUT2D eigenvalue weighted by Gasteiger charge is 2.33. The summed E-state index contributed by atoms with van der Waals surface area (Å²) in [6.07, 6.45) is 2.19. The first kappa shape index (κ1) is 29.0. The molecule has 0 aliphatic carbocycles. The smallest absolute Gasteiger partial charge is 0.264 e. The van der Waals surface area contributed by atoms with E-state index in [2.05, 4.69) is 40.4 Å². The molecule has 2 aliphatic rings. The van der Waals surface area contributed by atoms with Crippen LogP contribution >= 0.6 is 0 Å². The van der Waals surface area contributed by atoms with Crippen molar-refractivity contribution in [3.8, 4) is 17.1 Å². The molecule has 10 heteroatoms. The first-order chi connectivity index (χ1) is 19.4. The number of nitrogens with zero attached hydrogens (tertiary/aromatic N) is 4. The van der Waals surface area contributed by atoms with Crippen molar-refractivity contribution in [2.75, 3.05) is 37.5 Å². The third-order valence-electron chi connectivity index (χ3n) is 7.71. The van der Waals surface area contributed by atoms with Gasteiger partial charge < -0.3 is 9.64 Å². The number of carbonyl (C=O) groups excluding carboxylic acids is 1. The van der Waals surface area contributed by atoms with Gasteiger partial charge in [-0.1, -0.05) is 45.0 Å². The van der Waals surface area contributed by atoms with E-state index >= 15 is 0 Å². The standard InChI is InChI=1S/C31H39N5O4S/c1-21-9-6-10-22(2)28(21)26-18-27-33-30(32-26)34-41(38,39)25-12-7-11-23(17-25)29(37)36-16-15-35(19-24(36)20-40-27)14-8-13-31(3,4)5/h6-7,9-12,17-18,24H,8,13-16,19-20H2,1-5H3,(H,32,33,34). The number of sulfonamides is 1. The average molecular weight is 578 g/mol. The lowest BCUT2D eigenvalue weighted by Gasteiger charge is -2.41. The van der Waals surface area contributed by atoms with Gasteiger partial charge in [0.05, 0.1) is 16.6 Å². The Kier molecular flexibility index (Phi) is 8.07. The summed E-state index contributed by atoms with van der Waals surface area (Å²) in [4.78, 5) is 26.9. The van der Waals surface area contributed by atoms with Crippen LogP contribution in [0.4, 0.5) is 5.95 Å². The molecule has 9 nitrogen and oxygen atoms in total. The molecule has 1 amide bonds. The van der Waals surface area contributed by atoms with Crippen LogP contribution in [-0.4, -0.2) is 72.9 Å². The minimum absolute atomic E-state index is 0.0245. The van der Waals surface area contributed by atoms with Crippen molar-refractivity contribution in [1.82, 2.24) is 19.8 Å². The molecule has 0 saturated carbocycles. The maximum Gasteiger partial charge on any atom is 0.264 e. The first-order valence-electron chi connectivity index (χ1n) is 14.1. The Morgan fingerprint density at radius 1 is 1.02 bits per heavy atom. The van der Waals surface area contributed by atoms with Crippen molar-refractivity contribution in [1.29, 1.82) is 0 Å². The molecule has 3 aromatic rings. The van der Waals surface area contributed by atoms with Crippen LogP contribution in [0.2, 0.25) is 0 Å². The van der Waals surface area contributed by atoms with Gasteiger partial charge in [0.25, 0.3) is 15.9 Å². The lowest BCUT2D eigenvalue weighted by atomic mass is 9.90. The zero-order valence-corrected chi connectivity index (χ0v) is 25.3. The molecule has 1 fully saturated rings. The summed E-state index contributed by atoms with van der Waals surface area (Å²) < 4.78 is 35.5. The topological polar surface area (TPSA) is 105 Å². The van der Waals surface area contributed by atoms with E-state index in [1.807, 2.05) is 36.9 Å². The van der Waals surface area contributed by atoms with E-state index < -0.39 is 10.0 Å². The van der Waals surface area contributed by atoms with Gasteiger partial charge in [-0.15, -0.1) is 0 Å². The second-order valence-corrected chi connectivity index (χ2v) is 13.9. The summed E-state index contributed by atoms with van der Waals surface area (Å²) >= 11 is 0. The van der Waals surface area contributed by atoms with Gasteiger partial charge in [-0.25, -0.2) is 18.1 Å². The Morgan fingerprint density at radius 3 is 2.49 bits per heavy atom. The molecular formula is C31H39N5O4S. The van der Waals surface area contributed by atoms with Gasteiger partial charge in [-0.05, 0) is 68.0 Å². The van der Waals surface area contributed by atoms with Crippen LogP contribution in [0.3, 0.4) is 0 Å². The summed E-state index contributed by atoms with van der Waals surface area (Å²) in [5.74, 6) is -0.0442. The first-order valence-corrected chi connectivity index (χ1v) is 15.6. The number of fused-ring (bicyclic) bond motifs is 5. The summed E-state index contributed by atoms with van der Waals surface area (Å²) in [5.41, 5.74) is 4.05. The third kappa shape index (κ3) is 6.70. The second-order valence-electron chi connectivity index (χ2n) is 12.2. The molecule has 41 heavy (non-hydrogen) atoms. The number of aryl methyl sites for hydroxylation is 2. The summed E-state index contributed by atoms with van der Waals surface area (Å²) in [7, 11) is -4.07. The molecule has 1 saturated heterocycles. The highest BCUT2D eigenvalue weighted by atomic mass is 32.2. The fourth-order valence-corrected chi connectivity index (χ4v) is 6.57. The highest BCUT2D eigenvalue weighted by molar-refractivity contribution is 7.92. The van der Waals surface area contributed by atoms with Gasteiger partial charge in [0.1, 0.15) is 6.61 Å². The molecule has 3 heterocycles. The predicted molar refractivity (Wildman–Crippen MR) is 160 cm³/mol. The van der Waals surface area contributed by atoms with Crippen LogP contribution in [0, 0.1) is 19.3 Å². The van der Waals surface area contributed by atoms with E-state index in [1.165, 1.54) is 12.1 Å². The maximum absolute atomic E-state index is 13.7. The molecule has 0 radical (unpaired) electrons. The number of ether oxygens (including phenoxy) is 1. The normalized spacial score (nSPS) is 19.2. The van der Waals surface area contributed by atoms with Crippen molar-refractivity contribution in [2.24, 2.45) is 5.41 Å². The lowest BCUT2D eigenvalue weighted by Crippen LogP contribution is -2.57. The minimum Gasteiger partial charge on any atom is -0.475 e. The third-order valence-corrected chi connectivity index (χ3v) is 9.04. The zero-order chi connectivity index (χ0) is 29.4. The average Bonchev–Trinajstić information content (AvgIpc) is 2.90. The maximum atomic E-state index is 13.7. The molecule has 1 atom stereocenters. The Bertz CT molecular complexity index is 1530. The van der Waals surface area contributed by atoms with Crippen LogP contribution in [0.5, 0.6) is 5.88 Å². The van der Waals surface area contributed by atoms with Crippen molar-refractivity contribution in [2.45, 2.75) is 58.4 Å². The van der Waals surface area contributed by atoms with Gasteiger partial charge in [0.15, 0.2) is 0 Å². The van der Waals surface area contributed by atoms with Crippen molar-refractivity contribution in [3.63, 3.8) is 0 Å². The minimum atomic E-state index is -4.07. The van der Waals surface area contributed by atoms with Crippen LogP contribution in [-0.2, 0) is 10.0 Å². The van der Waals surface area contributed by atoms with E-state index in [4.69, 9.17) is 4.74 Å². The number of carbonyl (C=O) groups is 1. The Hall–Kier alpha value is -3.50. The highest BCUT2D eigenvalue weighted by Crippen LogP contribution is 2.30. The molecule has 4 bridgehead atoms. The second kappa shape index (κ2) is 11.4. The number of piperazine rings is 1. The Balaban J connectivity index is 1.53. The van der Waals surface area contributed by atoms with Gasteiger partial charge in [-0.2, -0.15) is 4.98 Å². The lowest BCUT2D eigenvalue weighted by molar-refractivity contribution is 0.0320. The van der Waals surface area contributed by atoms with E-state index in [-0.39, 0.29) is 40.7 Å².